The van der Waals surface area contributed by atoms with Crippen LogP contribution in [0.25, 0.3) is 0 Å². The minimum Gasteiger partial charge on any atom is -0.368 e. The molecule has 0 aliphatic heterocycles. The van der Waals surface area contributed by atoms with Gasteiger partial charge < -0.3 is 5.73 Å². The van der Waals surface area contributed by atoms with Gasteiger partial charge in [0.15, 0.2) is 0 Å². The van der Waals surface area contributed by atoms with E-state index in [9.17, 15) is 17.6 Å². The number of primary amides is 1. The third kappa shape index (κ3) is 5.05. The highest BCUT2D eigenvalue weighted by atomic mass is 35.5. The summed E-state index contributed by atoms with van der Waals surface area (Å²) in [4.78, 5) is 12.4. The van der Waals surface area contributed by atoms with Crippen molar-refractivity contribution >= 4 is 27.5 Å². The lowest BCUT2D eigenvalue weighted by Gasteiger charge is -2.29. The van der Waals surface area contributed by atoms with E-state index in [1.165, 1.54) is 36.4 Å². The average Bonchev–Trinajstić information content (AvgIpc) is 2.71. The number of nitrogens with two attached hydrogens (primary N) is 1. The second kappa shape index (κ2) is 9.38. The number of hydrogen-bond acceptors (Lipinski definition) is 3. The van der Waals surface area contributed by atoms with Crippen molar-refractivity contribution in [3.05, 3.63) is 101 Å². The van der Waals surface area contributed by atoms with E-state index in [-0.39, 0.29) is 17.9 Å². The molecule has 156 valence electrons. The predicted molar refractivity (Wildman–Crippen MR) is 114 cm³/mol. The van der Waals surface area contributed by atoms with Gasteiger partial charge >= 0.3 is 0 Å². The molecule has 0 aliphatic rings. The van der Waals surface area contributed by atoms with Crippen molar-refractivity contribution in [2.24, 2.45) is 5.73 Å². The molecule has 0 fully saturated rings. The topological polar surface area (TPSA) is 80.5 Å². The smallest absolute Gasteiger partial charge is 0.244 e. The van der Waals surface area contributed by atoms with Crippen LogP contribution >= 0.6 is 11.6 Å². The van der Waals surface area contributed by atoms with Gasteiger partial charge in [-0.1, -0.05) is 54.1 Å². The molecule has 0 spiro atoms. The van der Waals surface area contributed by atoms with E-state index in [1.54, 1.807) is 42.5 Å². The molecule has 8 heteroatoms. The Hall–Kier alpha value is -2.74. The standard InChI is InChI=1S/C22H20ClFN2O3S/c23-18-9-11-20(12-10-18)30(28,29)26(14-13-16-5-4-8-19(24)15-16)21(22(25)27)17-6-2-1-3-7-17/h1-12,15,21H,13-14H2,(H2,25,27)/t21-/m1/s1. The van der Waals surface area contributed by atoms with Gasteiger partial charge in [-0.25, -0.2) is 12.8 Å². The molecule has 0 saturated heterocycles. The number of nitrogens with zero attached hydrogens (tertiary/aromatic N) is 1. The summed E-state index contributed by atoms with van der Waals surface area (Å²) >= 11 is 5.89. The van der Waals surface area contributed by atoms with E-state index >= 15 is 0 Å². The fourth-order valence-corrected chi connectivity index (χ4v) is 4.88. The SMILES string of the molecule is NC(=O)[C@@H](c1ccccc1)N(CCc1cccc(F)c1)S(=O)(=O)c1ccc(Cl)cc1. The molecule has 2 N–H and O–H groups in total. The second-order valence-corrected chi connectivity index (χ2v) is 8.99. The monoisotopic (exact) mass is 446 g/mol. The number of hydrogen-bond donors (Lipinski definition) is 1. The third-order valence-electron chi connectivity index (χ3n) is 4.60. The molecule has 5 nitrogen and oxygen atoms in total. The van der Waals surface area contributed by atoms with Crippen molar-refractivity contribution in [3.63, 3.8) is 0 Å². The second-order valence-electron chi connectivity index (χ2n) is 6.67. The molecule has 0 bridgehead atoms. The summed E-state index contributed by atoms with van der Waals surface area (Å²) in [6.07, 6.45) is 0.196. The Morgan fingerprint density at radius 1 is 1.00 bits per heavy atom. The van der Waals surface area contributed by atoms with Gasteiger partial charge in [0, 0.05) is 11.6 Å². The number of rotatable bonds is 8. The Balaban J connectivity index is 2.04. The van der Waals surface area contributed by atoms with Crippen LogP contribution < -0.4 is 5.73 Å². The first-order valence-corrected chi connectivity index (χ1v) is 11.0. The first kappa shape index (κ1) is 22.0. The van der Waals surface area contributed by atoms with Crippen LogP contribution in [0.2, 0.25) is 5.02 Å². The molecular formula is C22H20ClFN2O3S. The number of carbonyl (C=O) groups is 1. The van der Waals surface area contributed by atoms with Gasteiger partial charge in [0.1, 0.15) is 11.9 Å². The summed E-state index contributed by atoms with van der Waals surface area (Å²) < 4.78 is 41.5. The quantitative estimate of drug-likeness (QED) is 0.569. The van der Waals surface area contributed by atoms with Crippen molar-refractivity contribution in [1.82, 2.24) is 4.31 Å². The fourth-order valence-electron chi connectivity index (χ4n) is 3.17. The number of carbonyl (C=O) groups excluding carboxylic acids is 1. The van der Waals surface area contributed by atoms with Crippen molar-refractivity contribution < 1.29 is 17.6 Å². The van der Waals surface area contributed by atoms with Crippen LogP contribution in [0, 0.1) is 5.82 Å². The highest BCUT2D eigenvalue weighted by molar-refractivity contribution is 7.89. The summed E-state index contributed by atoms with van der Waals surface area (Å²) in [6.45, 7) is -0.0725. The zero-order valence-electron chi connectivity index (χ0n) is 15.9. The van der Waals surface area contributed by atoms with E-state index in [0.717, 1.165) is 4.31 Å². The number of sulfonamides is 1. The molecule has 0 radical (unpaired) electrons. The number of halogens is 2. The van der Waals surface area contributed by atoms with Gasteiger partial charge in [-0.05, 0) is 53.9 Å². The van der Waals surface area contributed by atoms with Gasteiger partial charge in [-0.3, -0.25) is 4.79 Å². The Kier molecular flexibility index (Phi) is 6.87. The van der Waals surface area contributed by atoms with E-state index < -0.39 is 27.8 Å². The first-order chi connectivity index (χ1) is 14.3. The summed E-state index contributed by atoms with van der Waals surface area (Å²) in [5.41, 5.74) is 6.68. The Morgan fingerprint density at radius 2 is 1.67 bits per heavy atom. The number of benzene rings is 3. The molecule has 0 aliphatic carbocycles. The summed E-state index contributed by atoms with van der Waals surface area (Å²) in [7, 11) is -4.11. The lowest BCUT2D eigenvalue weighted by Crippen LogP contribution is -2.42. The van der Waals surface area contributed by atoms with Crippen LogP contribution in [0.5, 0.6) is 0 Å². The lowest BCUT2D eigenvalue weighted by atomic mass is 10.1. The van der Waals surface area contributed by atoms with Crippen molar-refractivity contribution in [3.8, 4) is 0 Å². The van der Waals surface area contributed by atoms with Gasteiger partial charge in [0.2, 0.25) is 15.9 Å². The molecule has 0 unspecified atom stereocenters. The van der Waals surface area contributed by atoms with Crippen LogP contribution in [0.1, 0.15) is 17.2 Å². The molecule has 30 heavy (non-hydrogen) atoms. The average molecular weight is 447 g/mol. The zero-order chi connectivity index (χ0) is 21.7. The maximum Gasteiger partial charge on any atom is 0.244 e. The Labute approximate surface area is 179 Å². The zero-order valence-corrected chi connectivity index (χ0v) is 17.5. The molecule has 0 aromatic heterocycles. The van der Waals surface area contributed by atoms with Gasteiger partial charge in [0.05, 0.1) is 4.90 Å². The van der Waals surface area contributed by atoms with Gasteiger partial charge in [0.25, 0.3) is 0 Å². The molecule has 0 saturated carbocycles. The number of amides is 1. The van der Waals surface area contributed by atoms with E-state index in [2.05, 4.69) is 0 Å². The largest absolute Gasteiger partial charge is 0.368 e. The molecule has 3 aromatic rings. The third-order valence-corrected chi connectivity index (χ3v) is 6.73. The summed E-state index contributed by atoms with van der Waals surface area (Å²) in [6, 6.07) is 18.8. The summed E-state index contributed by atoms with van der Waals surface area (Å²) in [5, 5.41) is 0.384. The molecule has 1 amide bonds. The molecule has 3 rings (SSSR count). The van der Waals surface area contributed by atoms with E-state index in [1.807, 2.05) is 0 Å². The maximum absolute atomic E-state index is 13.6. The van der Waals surface area contributed by atoms with Crippen LogP contribution in [0.3, 0.4) is 0 Å². The lowest BCUT2D eigenvalue weighted by molar-refractivity contribution is -0.121. The van der Waals surface area contributed by atoms with Crippen LogP contribution in [-0.2, 0) is 21.2 Å². The van der Waals surface area contributed by atoms with E-state index in [4.69, 9.17) is 17.3 Å². The van der Waals surface area contributed by atoms with Crippen molar-refractivity contribution in [2.75, 3.05) is 6.54 Å². The first-order valence-electron chi connectivity index (χ1n) is 9.15. The Bertz CT molecular complexity index is 1120. The summed E-state index contributed by atoms with van der Waals surface area (Å²) in [5.74, 6) is -1.23. The normalized spacial score (nSPS) is 12.6. The highest BCUT2D eigenvalue weighted by Gasteiger charge is 2.35. The van der Waals surface area contributed by atoms with Crippen LogP contribution in [-0.4, -0.2) is 25.2 Å². The van der Waals surface area contributed by atoms with Crippen molar-refractivity contribution in [2.45, 2.75) is 17.4 Å². The van der Waals surface area contributed by atoms with E-state index in [0.29, 0.717) is 16.1 Å². The predicted octanol–water partition coefficient (Wildman–Crippen LogP) is 3.94. The molecule has 1 atom stereocenters. The minimum absolute atomic E-state index is 0.0201. The highest BCUT2D eigenvalue weighted by Crippen LogP contribution is 2.29. The molecular weight excluding hydrogens is 427 g/mol. The van der Waals surface area contributed by atoms with Gasteiger partial charge in [-0.15, -0.1) is 0 Å². The molecule has 3 aromatic carbocycles. The van der Waals surface area contributed by atoms with Crippen LogP contribution in [0.15, 0.2) is 83.8 Å². The van der Waals surface area contributed by atoms with Crippen molar-refractivity contribution in [1.29, 1.82) is 0 Å². The fraction of sp³-hybridized carbons (Fsp3) is 0.136. The maximum atomic E-state index is 13.6. The molecule has 0 heterocycles. The van der Waals surface area contributed by atoms with Gasteiger partial charge in [-0.2, -0.15) is 4.31 Å². The van der Waals surface area contributed by atoms with Crippen LogP contribution in [0.4, 0.5) is 4.39 Å². The minimum atomic E-state index is -4.11. The Morgan fingerprint density at radius 3 is 2.27 bits per heavy atom.